The summed E-state index contributed by atoms with van der Waals surface area (Å²) in [6.07, 6.45) is -1.35. The highest BCUT2D eigenvalue weighted by Gasteiger charge is 2.44. The van der Waals surface area contributed by atoms with Crippen LogP contribution in [0.5, 0.6) is 0 Å². The summed E-state index contributed by atoms with van der Waals surface area (Å²) >= 11 is 0. The van der Waals surface area contributed by atoms with Crippen LogP contribution in [0.4, 0.5) is 20.1 Å². The molecule has 21 nitrogen and oxygen atoms in total. The Hall–Kier alpha value is -6.71. The van der Waals surface area contributed by atoms with E-state index in [1.165, 1.54) is 44.1 Å². The summed E-state index contributed by atoms with van der Waals surface area (Å²) in [5.74, 6) is -4.34. The van der Waals surface area contributed by atoms with E-state index in [1.807, 2.05) is 10.8 Å². The highest BCUT2D eigenvalue weighted by atomic mass is 32.2. The third kappa shape index (κ3) is 18.8. The van der Waals surface area contributed by atoms with Crippen LogP contribution in [0.2, 0.25) is 0 Å². The summed E-state index contributed by atoms with van der Waals surface area (Å²) in [5.41, 5.74) is 3.22. The van der Waals surface area contributed by atoms with Gasteiger partial charge in [0.1, 0.15) is 23.7 Å². The lowest BCUT2D eigenvalue weighted by molar-refractivity contribution is -0.143. The SMILES string of the molecule is CNC(=O)O[C@H](C(=O)N[C@H](C(=O)N(C)[C@H](/C=C(\C)C(=O)NS(=O)(=O)c1ccc(NC(=O)[C@@H](CCCNC(N)=O)NC(=O)[C@H](NC(=O)OC(C)(C)C)C(C)C)cc1)C(C)C)C(C)(C)C)C(C)(C)c1ccccc1. The maximum atomic E-state index is 14.4. The van der Waals surface area contributed by atoms with Gasteiger partial charge in [-0.25, -0.2) is 27.5 Å². The summed E-state index contributed by atoms with van der Waals surface area (Å²) in [4.78, 5) is 107. The second kappa shape index (κ2) is 26.1. The first-order valence-corrected chi connectivity index (χ1v) is 25.1. The van der Waals surface area contributed by atoms with Crippen LogP contribution in [0.1, 0.15) is 108 Å². The maximum Gasteiger partial charge on any atom is 0.408 e. The molecule has 0 heterocycles. The molecule has 0 spiro atoms. The molecule has 2 aromatic rings. The van der Waals surface area contributed by atoms with E-state index in [1.54, 1.807) is 107 Å². The van der Waals surface area contributed by atoms with E-state index >= 15 is 0 Å². The number of nitrogens with two attached hydrogens (primary N) is 1. The number of primary amides is 1. The van der Waals surface area contributed by atoms with Crippen LogP contribution in [0.25, 0.3) is 0 Å². The van der Waals surface area contributed by atoms with E-state index < -0.39 is 110 Å². The lowest BCUT2D eigenvalue weighted by atomic mass is 9.78. The van der Waals surface area contributed by atoms with Crippen molar-refractivity contribution in [3.05, 3.63) is 71.8 Å². The first-order chi connectivity index (χ1) is 33.1. The molecule has 0 aliphatic rings. The number of benzene rings is 2. The molecule has 0 unspecified atom stereocenters. The van der Waals surface area contributed by atoms with Crippen LogP contribution in [0, 0.1) is 17.3 Å². The smallest absolute Gasteiger partial charge is 0.408 e. The van der Waals surface area contributed by atoms with Crippen LogP contribution in [-0.4, -0.2) is 118 Å². The Morgan fingerprint density at radius 1 is 0.764 bits per heavy atom. The van der Waals surface area contributed by atoms with Gasteiger partial charge in [-0.15, -0.1) is 0 Å². The Balaban J connectivity index is 2.32. The minimum Gasteiger partial charge on any atom is -0.444 e. The summed E-state index contributed by atoms with van der Waals surface area (Å²) in [7, 11) is -1.63. The largest absolute Gasteiger partial charge is 0.444 e. The monoisotopic (exact) mass is 1030 g/mol. The molecule has 0 bridgehead atoms. The zero-order valence-electron chi connectivity index (χ0n) is 44.3. The summed E-state index contributed by atoms with van der Waals surface area (Å²) in [6.45, 7) is 22.2. The standard InChI is InChI=1S/C50H77N9O12S/c1-29(2)36(59(15)44(64)38(48(6,7)8)57-43(63)39(70-46(66)52-14)50(12,13)32-20-17-16-18-21-32)28-31(5)40(60)58-72(68,69)34-25-23-33(24-26-34)54-41(61)35(22-19-27-53-45(51)65)55-42(62)37(30(3)4)56-47(67)71-49(9,10)11/h16-18,20-21,23-26,28-30,35-39H,19,22,27H2,1-15H3,(H,52,66)(H,54,61)(H,55,62)(H,56,67)(H,57,63)(H,58,60)(H3,51,53,65)/b31-28+/t35-,36-,37-,38-,39-/m1/s1. The number of likely N-dealkylation sites (N-methyl/N-ethyl adjacent to an activating group) is 1. The highest BCUT2D eigenvalue weighted by Crippen LogP contribution is 2.31. The van der Waals surface area contributed by atoms with Gasteiger partial charge in [0.2, 0.25) is 17.7 Å². The minimum atomic E-state index is -4.50. The number of anilines is 1. The minimum absolute atomic E-state index is 0.0275. The van der Waals surface area contributed by atoms with Gasteiger partial charge in [0.25, 0.3) is 21.8 Å². The third-order valence-electron chi connectivity index (χ3n) is 11.4. The molecule has 0 aliphatic carbocycles. The number of carbonyl (C=O) groups is 8. The van der Waals surface area contributed by atoms with E-state index in [9.17, 15) is 46.8 Å². The summed E-state index contributed by atoms with van der Waals surface area (Å²) in [6, 6.07) is 8.89. The predicted octanol–water partition coefficient (Wildman–Crippen LogP) is 4.58. The highest BCUT2D eigenvalue weighted by molar-refractivity contribution is 7.90. The van der Waals surface area contributed by atoms with Gasteiger partial charge in [-0.05, 0) is 87.6 Å². The van der Waals surface area contributed by atoms with Crippen molar-refractivity contribution < 1.29 is 56.2 Å². The molecule has 72 heavy (non-hydrogen) atoms. The number of ether oxygens (including phenoxy) is 2. The van der Waals surface area contributed by atoms with Crippen molar-refractivity contribution in [3.63, 3.8) is 0 Å². The number of hydrogen-bond acceptors (Lipinski definition) is 12. The molecule has 0 radical (unpaired) electrons. The van der Waals surface area contributed by atoms with Gasteiger partial charge in [-0.3, -0.25) is 24.0 Å². The Morgan fingerprint density at radius 3 is 1.85 bits per heavy atom. The van der Waals surface area contributed by atoms with E-state index in [0.717, 1.165) is 12.1 Å². The van der Waals surface area contributed by atoms with Crippen LogP contribution >= 0.6 is 0 Å². The fourth-order valence-corrected chi connectivity index (χ4v) is 8.26. The first-order valence-electron chi connectivity index (χ1n) is 23.6. The molecule has 9 amide bonds. The number of alkyl carbamates (subject to hydrolysis) is 2. The number of nitrogens with zero attached hydrogens (tertiary/aromatic N) is 1. The number of carbonyl (C=O) groups excluding carboxylic acids is 8. The Kier molecular flexibility index (Phi) is 22.3. The Morgan fingerprint density at radius 2 is 1.35 bits per heavy atom. The van der Waals surface area contributed by atoms with Crippen LogP contribution in [0.3, 0.4) is 0 Å². The lowest BCUT2D eigenvalue weighted by Gasteiger charge is -2.39. The fourth-order valence-electron chi connectivity index (χ4n) is 7.24. The Bertz CT molecular complexity index is 2380. The molecule has 0 fully saturated rings. The van der Waals surface area contributed by atoms with Crippen LogP contribution in [-0.2, 0) is 48.9 Å². The second-order valence-corrected chi connectivity index (χ2v) is 22.5. The van der Waals surface area contributed by atoms with Gasteiger partial charge in [0.15, 0.2) is 6.10 Å². The molecule has 2 rings (SSSR count). The van der Waals surface area contributed by atoms with E-state index in [0.29, 0.717) is 5.56 Å². The predicted molar refractivity (Wildman–Crippen MR) is 272 cm³/mol. The molecule has 0 saturated heterocycles. The van der Waals surface area contributed by atoms with E-state index in [4.69, 9.17) is 15.2 Å². The number of rotatable bonds is 22. The molecular weight excluding hydrogens is 951 g/mol. The van der Waals surface area contributed by atoms with E-state index in [-0.39, 0.29) is 41.5 Å². The lowest BCUT2D eigenvalue weighted by Crippen LogP contribution is -2.60. The van der Waals surface area contributed by atoms with Crippen LogP contribution in [0.15, 0.2) is 71.1 Å². The topological polar surface area (TPSA) is 303 Å². The zero-order valence-corrected chi connectivity index (χ0v) is 45.1. The van der Waals surface area contributed by atoms with Crippen molar-refractivity contribution in [2.45, 2.75) is 149 Å². The average molecular weight is 1030 g/mol. The van der Waals surface area contributed by atoms with Crippen molar-refractivity contribution in [2.24, 2.45) is 23.0 Å². The normalized spacial score (nSPS) is 14.3. The molecule has 22 heteroatoms. The summed E-state index contributed by atoms with van der Waals surface area (Å²) < 4.78 is 40.0. The number of amides is 9. The van der Waals surface area contributed by atoms with Crippen molar-refractivity contribution in [1.29, 1.82) is 0 Å². The summed E-state index contributed by atoms with van der Waals surface area (Å²) in [5, 5.41) is 15.4. The van der Waals surface area contributed by atoms with Crippen molar-refractivity contribution >= 4 is 63.5 Å². The molecule has 5 atom stereocenters. The molecule has 0 aliphatic heterocycles. The van der Waals surface area contributed by atoms with E-state index in [2.05, 4.69) is 31.9 Å². The van der Waals surface area contributed by atoms with Crippen molar-refractivity contribution in [3.8, 4) is 0 Å². The fraction of sp³-hybridized carbons (Fsp3) is 0.560. The molecule has 0 saturated carbocycles. The van der Waals surface area contributed by atoms with Gasteiger partial charge in [0.05, 0.1) is 10.9 Å². The first kappa shape index (κ1) is 61.4. The van der Waals surface area contributed by atoms with Gasteiger partial charge in [-0.2, -0.15) is 0 Å². The van der Waals surface area contributed by atoms with Gasteiger partial charge in [-0.1, -0.05) is 98.7 Å². The second-order valence-electron chi connectivity index (χ2n) is 20.8. The average Bonchev–Trinajstić information content (AvgIpc) is 3.27. The van der Waals surface area contributed by atoms with Crippen molar-refractivity contribution in [2.75, 3.05) is 26.0 Å². The molecular formula is C50H77N9O12S. The number of sulfonamides is 1. The van der Waals surface area contributed by atoms with Gasteiger partial charge < -0.3 is 52.0 Å². The Labute approximate surface area is 424 Å². The maximum absolute atomic E-state index is 14.4. The van der Waals surface area contributed by atoms with Gasteiger partial charge in [0, 0.05) is 37.3 Å². The quantitative estimate of drug-likeness (QED) is 0.0594. The number of nitrogens with one attached hydrogen (secondary N) is 7. The zero-order chi connectivity index (χ0) is 55.1. The molecule has 9 N–H and O–H groups in total. The number of urea groups is 1. The van der Waals surface area contributed by atoms with Crippen molar-refractivity contribution in [1.82, 2.24) is 36.2 Å². The third-order valence-corrected chi connectivity index (χ3v) is 12.7. The van der Waals surface area contributed by atoms with Crippen LogP contribution < -0.4 is 42.4 Å². The number of hydrogen-bond donors (Lipinski definition) is 8. The molecule has 2 aromatic carbocycles. The molecule has 400 valence electrons. The molecule has 0 aromatic heterocycles. The van der Waals surface area contributed by atoms with Gasteiger partial charge >= 0.3 is 18.2 Å².